The Morgan fingerprint density at radius 3 is 2.62 bits per heavy atom. The summed E-state index contributed by atoms with van der Waals surface area (Å²) in [5.41, 5.74) is 3.37. The molecule has 1 aromatic carbocycles. The van der Waals surface area contributed by atoms with Crippen LogP contribution < -0.4 is 12.4 Å². The first-order valence-electron chi connectivity index (χ1n) is 7.78. The molecule has 3 nitrogen and oxygen atoms in total. The minimum absolute atomic E-state index is 0. The Morgan fingerprint density at radius 2 is 1.86 bits per heavy atom. The van der Waals surface area contributed by atoms with Crippen molar-refractivity contribution in [1.29, 1.82) is 0 Å². The fourth-order valence-corrected chi connectivity index (χ4v) is 5.53. The first-order valence-corrected chi connectivity index (χ1v) is 7.78. The maximum absolute atomic E-state index is 11.2. The van der Waals surface area contributed by atoms with Crippen LogP contribution in [0, 0.1) is 0 Å². The van der Waals surface area contributed by atoms with E-state index in [1.54, 1.807) is 0 Å². The van der Waals surface area contributed by atoms with Crippen LogP contribution >= 0.6 is 0 Å². The standard InChI is InChI=1S/C17H21N2O.ClH/c1-16-15-13(12-4-2-3-5-14(12)18-15)6-9-19(16)10-7-17(16,20)8-11-19;/h2-5,18,20H,6-11H2,1H3;1H/q+1;/p-1/t16-,17?,19?;/m1./s1. The van der Waals surface area contributed by atoms with Crippen LogP contribution in [0.3, 0.4) is 0 Å². The molecule has 4 heterocycles. The molecular formula is C17H21ClN2O. The zero-order chi connectivity index (χ0) is 13.6. The molecule has 2 bridgehead atoms. The number of benzene rings is 1. The number of quaternary nitrogens is 1. The summed E-state index contributed by atoms with van der Waals surface area (Å²) >= 11 is 0. The summed E-state index contributed by atoms with van der Waals surface area (Å²) in [7, 11) is 0. The van der Waals surface area contributed by atoms with E-state index in [9.17, 15) is 5.11 Å². The summed E-state index contributed by atoms with van der Waals surface area (Å²) in [5, 5.41) is 12.6. The van der Waals surface area contributed by atoms with Gasteiger partial charge in [-0.1, -0.05) is 18.2 Å². The second-order valence-corrected chi connectivity index (χ2v) is 7.19. The maximum atomic E-state index is 11.2. The molecular weight excluding hydrogens is 284 g/mol. The smallest absolute Gasteiger partial charge is 0.166 e. The lowest BCUT2D eigenvalue weighted by Crippen LogP contribution is -3.00. The zero-order valence-electron chi connectivity index (χ0n) is 12.3. The van der Waals surface area contributed by atoms with E-state index >= 15 is 0 Å². The molecule has 1 aromatic heterocycles. The predicted octanol–water partition coefficient (Wildman–Crippen LogP) is -0.701. The average molecular weight is 305 g/mol. The van der Waals surface area contributed by atoms with Gasteiger partial charge in [-0.15, -0.1) is 0 Å². The quantitative estimate of drug-likeness (QED) is 0.621. The molecule has 5 rings (SSSR count). The second-order valence-electron chi connectivity index (χ2n) is 7.19. The summed E-state index contributed by atoms with van der Waals surface area (Å²) in [4.78, 5) is 3.67. The fourth-order valence-electron chi connectivity index (χ4n) is 5.53. The van der Waals surface area contributed by atoms with E-state index in [4.69, 9.17) is 0 Å². The highest BCUT2D eigenvalue weighted by Gasteiger charge is 2.73. The Morgan fingerprint density at radius 1 is 1.14 bits per heavy atom. The van der Waals surface area contributed by atoms with Crippen LogP contribution in [0.5, 0.6) is 0 Å². The van der Waals surface area contributed by atoms with Gasteiger partial charge in [-0.25, -0.2) is 0 Å². The Balaban J connectivity index is 0.00000115. The first-order chi connectivity index (χ1) is 9.60. The molecule has 112 valence electrons. The molecule has 1 atom stereocenters. The molecule has 0 saturated carbocycles. The van der Waals surface area contributed by atoms with Gasteiger partial charge in [0.25, 0.3) is 0 Å². The zero-order valence-corrected chi connectivity index (χ0v) is 13.1. The number of aliphatic hydroxyl groups is 1. The molecule has 3 aliphatic heterocycles. The molecule has 0 aliphatic carbocycles. The Bertz CT molecular complexity index is 729. The summed E-state index contributed by atoms with van der Waals surface area (Å²) in [6.07, 6.45) is 3.06. The number of H-pyrrole nitrogens is 1. The normalized spacial score (nSPS) is 39.9. The average Bonchev–Trinajstić information content (AvgIpc) is 3.02. The number of para-hydroxylation sites is 1. The number of hydrogen-bond donors (Lipinski definition) is 2. The summed E-state index contributed by atoms with van der Waals surface area (Å²) in [5.74, 6) is 0. The molecule has 2 saturated heterocycles. The second kappa shape index (κ2) is 3.83. The van der Waals surface area contributed by atoms with Gasteiger partial charge in [0.05, 0.1) is 25.3 Å². The molecule has 21 heavy (non-hydrogen) atoms. The number of piperidine rings is 1. The third-order valence-electron chi connectivity index (χ3n) is 6.85. The lowest BCUT2D eigenvalue weighted by molar-refractivity contribution is -0.963. The van der Waals surface area contributed by atoms with Crippen molar-refractivity contribution in [3.05, 3.63) is 35.5 Å². The Hall–Kier alpha value is -1.03. The van der Waals surface area contributed by atoms with E-state index < -0.39 is 5.60 Å². The molecule has 0 spiro atoms. The molecule has 0 unspecified atom stereocenters. The monoisotopic (exact) mass is 304 g/mol. The third-order valence-corrected chi connectivity index (χ3v) is 6.85. The molecule has 0 radical (unpaired) electrons. The summed E-state index contributed by atoms with van der Waals surface area (Å²) in [6.45, 7) is 5.78. The largest absolute Gasteiger partial charge is 1.00 e. The Labute approximate surface area is 131 Å². The maximum Gasteiger partial charge on any atom is 0.166 e. The molecule has 0 amide bonds. The number of rotatable bonds is 0. The SMILES string of the molecule is C[C@]12c3[nH]c4ccccc4c3CC[N+]13CCC2(O)CC3.[Cl-]. The van der Waals surface area contributed by atoms with E-state index in [1.807, 2.05) is 0 Å². The van der Waals surface area contributed by atoms with Crippen LogP contribution in [0.25, 0.3) is 10.9 Å². The van der Waals surface area contributed by atoms with E-state index in [-0.39, 0.29) is 17.9 Å². The topological polar surface area (TPSA) is 36.0 Å². The first kappa shape index (κ1) is 13.6. The Kier molecular flexibility index (Phi) is 2.49. The van der Waals surface area contributed by atoms with Gasteiger partial charge in [0, 0.05) is 30.2 Å². The highest BCUT2D eigenvalue weighted by Crippen LogP contribution is 2.60. The van der Waals surface area contributed by atoms with Gasteiger partial charge < -0.3 is 27.0 Å². The molecule has 3 aliphatic rings. The van der Waals surface area contributed by atoms with E-state index in [0.29, 0.717) is 0 Å². The number of nitrogens with one attached hydrogen (secondary N) is 1. The van der Waals surface area contributed by atoms with Gasteiger partial charge >= 0.3 is 0 Å². The van der Waals surface area contributed by atoms with Crippen molar-refractivity contribution in [3.63, 3.8) is 0 Å². The van der Waals surface area contributed by atoms with Gasteiger partial charge in [-0.05, 0) is 18.6 Å². The van der Waals surface area contributed by atoms with Crippen LogP contribution in [0.2, 0.25) is 0 Å². The van der Waals surface area contributed by atoms with Crippen molar-refractivity contribution in [3.8, 4) is 0 Å². The highest BCUT2D eigenvalue weighted by molar-refractivity contribution is 5.85. The predicted molar refractivity (Wildman–Crippen MR) is 78.4 cm³/mol. The van der Waals surface area contributed by atoms with Gasteiger partial charge in [-0.2, -0.15) is 0 Å². The van der Waals surface area contributed by atoms with Crippen molar-refractivity contribution in [2.24, 2.45) is 0 Å². The summed E-state index contributed by atoms with van der Waals surface area (Å²) in [6, 6.07) is 8.60. The molecule has 4 heteroatoms. The number of aromatic amines is 1. The highest BCUT2D eigenvalue weighted by atomic mass is 35.5. The van der Waals surface area contributed by atoms with Crippen molar-refractivity contribution >= 4 is 10.9 Å². The van der Waals surface area contributed by atoms with Crippen molar-refractivity contribution in [1.82, 2.24) is 4.98 Å². The number of fused-ring (bicyclic) bond motifs is 3. The minimum atomic E-state index is -0.511. The fraction of sp³-hybridized carbons (Fsp3) is 0.529. The van der Waals surface area contributed by atoms with Gasteiger partial charge in [0.2, 0.25) is 0 Å². The van der Waals surface area contributed by atoms with Gasteiger partial charge in [-0.3, -0.25) is 0 Å². The number of halogens is 1. The van der Waals surface area contributed by atoms with Crippen LogP contribution in [-0.2, 0) is 12.0 Å². The van der Waals surface area contributed by atoms with Crippen LogP contribution in [0.4, 0.5) is 0 Å². The molecule has 2 N–H and O–H groups in total. The van der Waals surface area contributed by atoms with Crippen LogP contribution in [0.1, 0.15) is 31.0 Å². The van der Waals surface area contributed by atoms with Crippen molar-refractivity contribution in [2.75, 3.05) is 19.6 Å². The van der Waals surface area contributed by atoms with Crippen molar-refractivity contribution in [2.45, 2.75) is 37.3 Å². The van der Waals surface area contributed by atoms with Crippen LogP contribution in [0.15, 0.2) is 24.3 Å². The van der Waals surface area contributed by atoms with E-state index in [0.717, 1.165) is 36.8 Å². The van der Waals surface area contributed by atoms with Crippen LogP contribution in [-0.4, -0.2) is 39.8 Å². The number of hydrogen-bond acceptors (Lipinski definition) is 1. The van der Waals surface area contributed by atoms with E-state index in [1.165, 1.54) is 28.7 Å². The van der Waals surface area contributed by atoms with Gasteiger partial charge in [0.1, 0.15) is 5.60 Å². The lowest BCUT2D eigenvalue weighted by Gasteiger charge is -2.47. The van der Waals surface area contributed by atoms with Gasteiger partial charge in [0.15, 0.2) is 5.54 Å². The lowest BCUT2D eigenvalue weighted by atomic mass is 9.76. The number of aromatic nitrogens is 1. The van der Waals surface area contributed by atoms with E-state index in [2.05, 4.69) is 36.2 Å². The van der Waals surface area contributed by atoms with Crippen molar-refractivity contribution < 1.29 is 22.0 Å². The minimum Gasteiger partial charge on any atom is -1.00 e. The molecule has 2 aromatic rings. The number of nitrogens with zero attached hydrogens (tertiary/aromatic N) is 1. The molecule has 2 fully saturated rings. The third kappa shape index (κ3) is 1.26. The summed E-state index contributed by atoms with van der Waals surface area (Å²) < 4.78 is 1.10.